The third-order valence-corrected chi connectivity index (χ3v) is 6.08. The van der Waals surface area contributed by atoms with Crippen LogP contribution >= 0.6 is 11.3 Å². The van der Waals surface area contributed by atoms with Gasteiger partial charge in [0.05, 0.1) is 31.3 Å². The van der Waals surface area contributed by atoms with Gasteiger partial charge in [-0.25, -0.2) is 4.98 Å². The predicted molar refractivity (Wildman–Crippen MR) is 109 cm³/mol. The summed E-state index contributed by atoms with van der Waals surface area (Å²) in [6, 6.07) is 5.84. The molecule has 2 aromatic rings. The molecule has 1 aromatic carbocycles. The van der Waals surface area contributed by atoms with Gasteiger partial charge in [-0.2, -0.15) is 0 Å². The maximum absolute atomic E-state index is 12.4. The van der Waals surface area contributed by atoms with Gasteiger partial charge in [0.1, 0.15) is 5.82 Å². The van der Waals surface area contributed by atoms with Crippen LogP contribution in [0.2, 0.25) is 0 Å². The van der Waals surface area contributed by atoms with Crippen molar-refractivity contribution in [2.24, 2.45) is 0 Å². The molecule has 7 nitrogen and oxygen atoms in total. The lowest BCUT2D eigenvalue weighted by atomic mass is 9.90. The van der Waals surface area contributed by atoms with Gasteiger partial charge in [0.15, 0.2) is 16.6 Å². The lowest BCUT2D eigenvalue weighted by Gasteiger charge is -2.26. The maximum Gasteiger partial charge on any atom is 0.226 e. The van der Waals surface area contributed by atoms with E-state index in [4.69, 9.17) is 19.2 Å². The van der Waals surface area contributed by atoms with Crippen molar-refractivity contribution >= 4 is 28.2 Å². The Labute approximate surface area is 168 Å². The number of methoxy groups -OCH3 is 1. The van der Waals surface area contributed by atoms with E-state index >= 15 is 0 Å². The van der Waals surface area contributed by atoms with E-state index in [1.165, 1.54) is 0 Å². The minimum atomic E-state index is -0.111. The number of fused-ring (bicyclic) bond motifs is 1. The topological polar surface area (TPSA) is 72.9 Å². The predicted octanol–water partition coefficient (Wildman–Crippen LogP) is 3.25. The Morgan fingerprint density at radius 1 is 1.32 bits per heavy atom. The van der Waals surface area contributed by atoms with Crippen molar-refractivity contribution in [2.75, 3.05) is 43.6 Å². The molecular formula is C20H25N3O4S. The first kappa shape index (κ1) is 19.0. The molecule has 1 amide bonds. The van der Waals surface area contributed by atoms with Crippen LogP contribution in [0.3, 0.4) is 0 Å². The van der Waals surface area contributed by atoms with E-state index in [0.29, 0.717) is 37.0 Å². The minimum Gasteiger partial charge on any atom is -0.493 e. The molecule has 0 aliphatic carbocycles. The number of carbonyl (C=O) groups is 1. The van der Waals surface area contributed by atoms with Gasteiger partial charge in [-0.05, 0) is 19.9 Å². The van der Waals surface area contributed by atoms with E-state index < -0.39 is 0 Å². The number of nitrogens with zero attached hydrogens (tertiary/aromatic N) is 2. The number of nitrogens with one attached hydrogen (secondary N) is 1. The molecule has 1 saturated heterocycles. The maximum atomic E-state index is 12.4. The highest BCUT2D eigenvalue weighted by Gasteiger charge is 2.34. The number of rotatable bonds is 5. The summed E-state index contributed by atoms with van der Waals surface area (Å²) in [4.78, 5) is 20.4. The molecule has 0 bridgehead atoms. The Hall–Kier alpha value is -2.32. The van der Waals surface area contributed by atoms with Crippen LogP contribution in [0.15, 0.2) is 18.2 Å². The largest absolute Gasteiger partial charge is 0.493 e. The fourth-order valence-electron chi connectivity index (χ4n) is 3.58. The molecular weight excluding hydrogens is 378 g/mol. The summed E-state index contributed by atoms with van der Waals surface area (Å²) in [6.45, 7) is 6.99. The number of thiazole rings is 1. The van der Waals surface area contributed by atoms with Crippen molar-refractivity contribution < 1.29 is 19.0 Å². The second-order valence-corrected chi connectivity index (χ2v) is 8.17. The van der Waals surface area contributed by atoms with E-state index in [-0.39, 0.29) is 17.9 Å². The first-order valence-corrected chi connectivity index (χ1v) is 10.3. The molecule has 0 unspecified atom stereocenters. The third-order valence-electron chi connectivity index (χ3n) is 4.85. The number of morpholine rings is 1. The van der Waals surface area contributed by atoms with Gasteiger partial charge in [-0.1, -0.05) is 23.5 Å². The van der Waals surface area contributed by atoms with Crippen LogP contribution in [0.4, 0.5) is 10.9 Å². The molecule has 1 aromatic heterocycles. The monoisotopic (exact) mass is 403 g/mol. The van der Waals surface area contributed by atoms with Crippen LogP contribution in [0.25, 0.3) is 0 Å². The van der Waals surface area contributed by atoms with Crippen LogP contribution in [0.1, 0.15) is 36.6 Å². The number of carbonyl (C=O) groups excluding carboxylic acids is 1. The van der Waals surface area contributed by atoms with E-state index in [2.05, 4.69) is 10.2 Å². The van der Waals surface area contributed by atoms with Gasteiger partial charge in [0.2, 0.25) is 5.91 Å². The van der Waals surface area contributed by atoms with Gasteiger partial charge in [-0.15, -0.1) is 0 Å². The second-order valence-electron chi connectivity index (χ2n) is 7.16. The van der Waals surface area contributed by atoms with Gasteiger partial charge >= 0.3 is 0 Å². The molecule has 0 spiro atoms. The molecule has 4 rings (SSSR count). The number of aromatic nitrogens is 1. The van der Waals surface area contributed by atoms with Gasteiger partial charge in [0, 0.05) is 31.0 Å². The number of para-hydroxylation sites is 1. The van der Waals surface area contributed by atoms with Crippen molar-refractivity contribution in [3.05, 3.63) is 28.6 Å². The van der Waals surface area contributed by atoms with Crippen molar-refractivity contribution in [1.29, 1.82) is 0 Å². The highest BCUT2D eigenvalue weighted by atomic mass is 32.1. The second kappa shape index (κ2) is 7.97. The number of hydrogen-bond acceptors (Lipinski definition) is 7. The number of amides is 1. The Morgan fingerprint density at radius 3 is 2.82 bits per heavy atom. The number of hydrogen-bond donors (Lipinski definition) is 1. The molecule has 1 N–H and O–H groups in total. The first-order chi connectivity index (χ1) is 13.6. The summed E-state index contributed by atoms with van der Waals surface area (Å²) in [7, 11) is 1.63. The van der Waals surface area contributed by atoms with E-state index in [1.54, 1.807) is 18.4 Å². The molecule has 3 heterocycles. The van der Waals surface area contributed by atoms with E-state index in [1.807, 2.05) is 32.0 Å². The number of benzene rings is 1. The molecule has 150 valence electrons. The summed E-state index contributed by atoms with van der Waals surface area (Å²) < 4.78 is 17.1. The van der Waals surface area contributed by atoms with Crippen molar-refractivity contribution in [3.8, 4) is 11.5 Å². The zero-order chi connectivity index (χ0) is 19.7. The number of ether oxygens (including phenoxy) is 3. The Balaban J connectivity index is 1.76. The van der Waals surface area contributed by atoms with Crippen molar-refractivity contribution in [1.82, 2.24) is 4.98 Å². The van der Waals surface area contributed by atoms with Gasteiger partial charge in [-0.3, -0.25) is 4.79 Å². The van der Waals surface area contributed by atoms with Crippen LogP contribution < -0.4 is 19.7 Å². The van der Waals surface area contributed by atoms with E-state index in [0.717, 1.165) is 28.7 Å². The molecule has 2 aliphatic rings. The highest BCUT2D eigenvalue weighted by molar-refractivity contribution is 7.16. The molecule has 2 aliphatic heterocycles. The van der Waals surface area contributed by atoms with Gasteiger partial charge in [0.25, 0.3) is 0 Å². The van der Waals surface area contributed by atoms with Crippen LogP contribution in [0.5, 0.6) is 11.5 Å². The molecule has 8 heteroatoms. The number of anilines is 2. The molecule has 1 fully saturated rings. The lowest BCUT2D eigenvalue weighted by molar-refractivity contribution is -0.116. The smallest absolute Gasteiger partial charge is 0.226 e. The Bertz CT molecular complexity index is 861. The van der Waals surface area contributed by atoms with Crippen molar-refractivity contribution in [3.63, 3.8) is 0 Å². The average molecular weight is 404 g/mol. The molecule has 0 radical (unpaired) electrons. The fourth-order valence-corrected chi connectivity index (χ4v) is 4.77. The van der Waals surface area contributed by atoms with Crippen LogP contribution in [0, 0.1) is 0 Å². The summed E-state index contributed by atoms with van der Waals surface area (Å²) in [5, 5.41) is 3.86. The molecule has 28 heavy (non-hydrogen) atoms. The minimum absolute atomic E-state index is 0.00249. The lowest BCUT2D eigenvalue weighted by Crippen LogP contribution is -2.36. The SMILES string of the molecule is COc1cccc([C@H]2CC(=O)Nc3nc(N4CCOCC4)sc32)c1OC(C)C. The van der Waals surface area contributed by atoms with Crippen molar-refractivity contribution in [2.45, 2.75) is 32.3 Å². The normalized spacial score (nSPS) is 19.4. The standard InChI is InChI=1S/C20H25N3O4S/c1-12(2)27-17-13(5-4-6-15(17)25-3)14-11-16(24)21-19-18(14)28-20(22-19)23-7-9-26-10-8-23/h4-6,12,14H,7-11H2,1-3H3,(H,21,24)/t14-/m1/s1. The Morgan fingerprint density at radius 2 is 2.11 bits per heavy atom. The zero-order valence-electron chi connectivity index (χ0n) is 16.4. The first-order valence-electron chi connectivity index (χ1n) is 9.53. The highest BCUT2D eigenvalue weighted by Crippen LogP contribution is 2.47. The third kappa shape index (κ3) is 3.66. The Kier molecular flexibility index (Phi) is 5.41. The zero-order valence-corrected chi connectivity index (χ0v) is 17.2. The molecule has 1 atom stereocenters. The van der Waals surface area contributed by atoms with Crippen LogP contribution in [-0.2, 0) is 9.53 Å². The summed E-state index contributed by atoms with van der Waals surface area (Å²) in [5.74, 6) is 1.89. The fraction of sp³-hybridized carbons (Fsp3) is 0.500. The summed E-state index contributed by atoms with van der Waals surface area (Å²) in [6.07, 6.45) is 0.358. The molecule has 0 saturated carbocycles. The van der Waals surface area contributed by atoms with E-state index in [9.17, 15) is 4.79 Å². The average Bonchev–Trinajstić information content (AvgIpc) is 3.12. The van der Waals surface area contributed by atoms with Gasteiger partial charge < -0.3 is 24.4 Å². The summed E-state index contributed by atoms with van der Waals surface area (Å²) >= 11 is 1.64. The quantitative estimate of drug-likeness (QED) is 0.826. The van der Waals surface area contributed by atoms with Crippen LogP contribution in [-0.4, -0.2) is 50.4 Å². The summed E-state index contributed by atoms with van der Waals surface area (Å²) in [5.41, 5.74) is 0.960.